The van der Waals surface area contributed by atoms with E-state index in [1.165, 1.54) is 6.92 Å². The molecule has 3 N–H and O–H groups in total. The topological polar surface area (TPSA) is 70.2 Å². The second-order valence-corrected chi connectivity index (χ2v) is 3.13. The van der Waals surface area contributed by atoms with Crippen molar-refractivity contribution >= 4 is 11.8 Å². The zero-order chi connectivity index (χ0) is 11.0. The van der Waals surface area contributed by atoms with Crippen LogP contribution in [0, 0.1) is 0 Å². The maximum Gasteiger partial charge on any atom is 0.238 e. The van der Waals surface area contributed by atoms with E-state index in [0.717, 1.165) is 19.3 Å². The van der Waals surface area contributed by atoms with Crippen molar-refractivity contribution in [1.82, 2.24) is 16.2 Å². The highest BCUT2D eigenvalue weighted by Gasteiger charge is 2.15. The summed E-state index contributed by atoms with van der Waals surface area (Å²) in [5.74, 6) is -0.303. The average Bonchev–Trinajstić information content (AvgIpc) is 2.16. The lowest BCUT2D eigenvalue weighted by molar-refractivity contribution is -0.124. The largest absolute Gasteiger partial charge is 0.358 e. The van der Waals surface area contributed by atoms with E-state index >= 15 is 0 Å². The first-order chi connectivity index (χ1) is 6.61. The third kappa shape index (κ3) is 5.53. The fourth-order valence-electron chi connectivity index (χ4n) is 1.04. The van der Waals surface area contributed by atoms with Gasteiger partial charge in [-0.05, 0) is 6.42 Å². The second kappa shape index (κ2) is 7.32. The van der Waals surface area contributed by atoms with E-state index in [9.17, 15) is 9.59 Å². The molecule has 0 aromatic rings. The van der Waals surface area contributed by atoms with Crippen molar-refractivity contribution in [2.45, 2.75) is 39.2 Å². The van der Waals surface area contributed by atoms with Gasteiger partial charge in [0.25, 0.3) is 0 Å². The monoisotopic (exact) mass is 201 g/mol. The summed E-state index contributed by atoms with van der Waals surface area (Å²) in [5.41, 5.74) is 5.11. The summed E-state index contributed by atoms with van der Waals surface area (Å²) in [7, 11) is 1.58. The number of rotatable bonds is 6. The van der Waals surface area contributed by atoms with Gasteiger partial charge in [0.05, 0.1) is 0 Å². The molecule has 0 radical (unpaired) electrons. The Hall–Kier alpha value is -1.10. The van der Waals surface area contributed by atoms with Crippen molar-refractivity contribution in [2.75, 3.05) is 7.05 Å². The van der Waals surface area contributed by atoms with E-state index in [1.54, 1.807) is 7.05 Å². The molecule has 0 rings (SSSR count). The standard InChI is InChI=1S/C9H19N3O2/c1-4-5-6-8(9(14)10-3)12-11-7(2)13/h8,12H,4-6H2,1-3H3,(H,10,14)(H,11,13). The predicted molar refractivity (Wildman–Crippen MR) is 54.3 cm³/mol. The molecule has 0 aliphatic rings. The molecule has 0 fully saturated rings. The molecule has 0 saturated heterocycles. The van der Waals surface area contributed by atoms with Crippen LogP contribution in [0.25, 0.3) is 0 Å². The molecular formula is C9H19N3O2. The van der Waals surface area contributed by atoms with Crippen LogP contribution < -0.4 is 16.2 Å². The number of hydrogen-bond donors (Lipinski definition) is 3. The lowest BCUT2D eigenvalue weighted by atomic mass is 10.1. The molecule has 0 saturated carbocycles. The Kier molecular flexibility index (Phi) is 6.74. The molecule has 1 atom stereocenters. The number of hydrazine groups is 1. The highest BCUT2D eigenvalue weighted by molar-refractivity contribution is 5.82. The van der Waals surface area contributed by atoms with E-state index < -0.39 is 0 Å². The third-order valence-electron chi connectivity index (χ3n) is 1.83. The first kappa shape index (κ1) is 12.9. The van der Waals surface area contributed by atoms with Crippen LogP contribution in [0.3, 0.4) is 0 Å². The van der Waals surface area contributed by atoms with Crippen molar-refractivity contribution in [2.24, 2.45) is 0 Å². The molecule has 0 heterocycles. The normalized spacial score (nSPS) is 11.9. The first-order valence-electron chi connectivity index (χ1n) is 4.85. The second-order valence-electron chi connectivity index (χ2n) is 3.13. The summed E-state index contributed by atoms with van der Waals surface area (Å²) in [5, 5.41) is 2.54. The Morgan fingerprint density at radius 1 is 1.36 bits per heavy atom. The van der Waals surface area contributed by atoms with E-state index in [1.807, 2.05) is 0 Å². The summed E-state index contributed by atoms with van der Waals surface area (Å²) in [6, 6.07) is -0.344. The van der Waals surface area contributed by atoms with Gasteiger partial charge in [-0.2, -0.15) is 0 Å². The number of hydrogen-bond acceptors (Lipinski definition) is 3. The third-order valence-corrected chi connectivity index (χ3v) is 1.83. The molecule has 0 aliphatic carbocycles. The number of carbonyl (C=O) groups excluding carboxylic acids is 2. The van der Waals surface area contributed by atoms with Gasteiger partial charge in [0.2, 0.25) is 11.8 Å². The molecular weight excluding hydrogens is 182 g/mol. The van der Waals surface area contributed by atoms with E-state index in [-0.39, 0.29) is 17.9 Å². The molecule has 5 heteroatoms. The van der Waals surface area contributed by atoms with Gasteiger partial charge in [-0.25, -0.2) is 5.43 Å². The summed E-state index contributed by atoms with van der Waals surface area (Å²) >= 11 is 0. The summed E-state index contributed by atoms with van der Waals surface area (Å²) in [6.07, 6.45) is 2.69. The molecule has 0 aromatic heterocycles. The summed E-state index contributed by atoms with van der Waals surface area (Å²) in [6.45, 7) is 3.45. The van der Waals surface area contributed by atoms with Crippen molar-refractivity contribution in [3.63, 3.8) is 0 Å². The van der Waals surface area contributed by atoms with Crippen LogP contribution in [-0.2, 0) is 9.59 Å². The lowest BCUT2D eigenvalue weighted by Gasteiger charge is -2.16. The SMILES string of the molecule is CCCCC(NNC(C)=O)C(=O)NC. The van der Waals surface area contributed by atoms with Crippen LogP contribution in [0.1, 0.15) is 33.1 Å². The smallest absolute Gasteiger partial charge is 0.238 e. The fraction of sp³-hybridized carbons (Fsp3) is 0.778. The van der Waals surface area contributed by atoms with Crippen molar-refractivity contribution in [3.8, 4) is 0 Å². The molecule has 1 unspecified atom stereocenters. The van der Waals surface area contributed by atoms with E-state index in [2.05, 4.69) is 23.1 Å². The highest BCUT2D eigenvalue weighted by atomic mass is 16.2. The Labute approximate surface area is 84.6 Å². The van der Waals surface area contributed by atoms with E-state index in [0.29, 0.717) is 0 Å². The minimum absolute atomic E-state index is 0.104. The van der Waals surface area contributed by atoms with Gasteiger partial charge >= 0.3 is 0 Å². The number of unbranched alkanes of at least 4 members (excludes halogenated alkanes) is 1. The lowest BCUT2D eigenvalue weighted by Crippen LogP contribution is -2.50. The van der Waals surface area contributed by atoms with Crippen molar-refractivity contribution < 1.29 is 9.59 Å². The van der Waals surface area contributed by atoms with Crippen molar-refractivity contribution in [1.29, 1.82) is 0 Å². The zero-order valence-electron chi connectivity index (χ0n) is 9.02. The van der Waals surface area contributed by atoms with Gasteiger partial charge < -0.3 is 5.32 Å². The van der Waals surface area contributed by atoms with E-state index in [4.69, 9.17) is 0 Å². The fourth-order valence-corrected chi connectivity index (χ4v) is 1.04. The quantitative estimate of drug-likeness (QED) is 0.527. The number of carbonyl (C=O) groups is 2. The average molecular weight is 201 g/mol. The van der Waals surface area contributed by atoms with Crippen LogP contribution in [0.4, 0.5) is 0 Å². The number of likely N-dealkylation sites (N-methyl/N-ethyl adjacent to an activating group) is 1. The van der Waals surface area contributed by atoms with Crippen molar-refractivity contribution in [3.05, 3.63) is 0 Å². The molecule has 0 aromatic carbocycles. The van der Waals surface area contributed by atoms with Gasteiger partial charge in [0.15, 0.2) is 0 Å². The zero-order valence-corrected chi connectivity index (χ0v) is 9.02. The molecule has 2 amide bonds. The Morgan fingerprint density at radius 2 is 2.00 bits per heavy atom. The Morgan fingerprint density at radius 3 is 2.43 bits per heavy atom. The molecule has 0 aliphatic heterocycles. The summed E-state index contributed by atoms with van der Waals surface area (Å²) in [4.78, 5) is 21.9. The molecule has 14 heavy (non-hydrogen) atoms. The minimum atomic E-state index is -0.344. The van der Waals surface area contributed by atoms with Gasteiger partial charge in [-0.15, -0.1) is 0 Å². The number of nitrogens with one attached hydrogen (secondary N) is 3. The van der Waals surface area contributed by atoms with Gasteiger partial charge in [-0.1, -0.05) is 19.8 Å². The van der Waals surface area contributed by atoms with Crippen LogP contribution in [0.2, 0.25) is 0 Å². The van der Waals surface area contributed by atoms with Gasteiger partial charge in [0.1, 0.15) is 6.04 Å². The van der Waals surface area contributed by atoms with Crippen LogP contribution in [0.15, 0.2) is 0 Å². The highest BCUT2D eigenvalue weighted by Crippen LogP contribution is 1.99. The van der Waals surface area contributed by atoms with Crippen LogP contribution in [-0.4, -0.2) is 24.9 Å². The molecule has 0 bridgehead atoms. The maximum atomic E-state index is 11.3. The Balaban J connectivity index is 3.96. The first-order valence-corrected chi connectivity index (χ1v) is 4.85. The maximum absolute atomic E-state index is 11.3. The van der Waals surface area contributed by atoms with Crippen LogP contribution in [0.5, 0.6) is 0 Å². The minimum Gasteiger partial charge on any atom is -0.358 e. The van der Waals surface area contributed by atoms with Gasteiger partial charge in [-0.3, -0.25) is 15.0 Å². The molecule has 0 spiro atoms. The number of amides is 2. The van der Waals surface area contributed by atoms with Crippen LogP contribution >= 0.6 is 0 Å². The Bertz CT molecular complexity index is 194. The van der Waals surface area contributed by atoms with Gasteiger partial charge in [0, 0.05) is 14.0 Å². The molecule has 82 valence electrons. The molecule has 5 nitrogen and oxygen atoms in total. The summed E-state index contributed by atoms with van der Waals surface area (Å²) < 4.78 is 0. The predicted octanol–water partition coefficient (Wildman–Crippen LogP) is -0.0681.